The molecule has 1 N–H and O–H groups in total. The lowest BCUT2D eigenvalue weighted by atomic mass is 10.1. The number of ether oxygens (including phenoxy) is 1. The number of amides is 1. The topological polar surface area (TPSA) is 86.1 Å². The normalized spacial score (nSPS) is 11.3. The smallest absolute Gasteiger partial charge is 0.387 e. The molecule has 0 aliphatic heterocycles. The number of carbonyl (C=O) groups excluding carboxylic acids is 1. The summed E-state index contributed by atoms with van der Waals surface area (Å²) in [5.41, 5.74) is 2.14. The van der Waals surface area contributed by atoms with Crippen molar-refractivity contribution in [2.24, 2.45) is 0 Å². The molecule has 0 spiro atoms. The molecule has 172 valence electrons. The number of fused-ring (bicyclic) bond motifs is 1. The molecular formula is C22H20F2N4O3S2. The fourth-order valence-corrected chi connectivity index (χ4v) is 5.18. The first kappa shape index (κ1) is 23.0. The van der Waals surface area contributed by atoms with Crippen LogP contribution in [0.25, 0.3) is 21.5 Å². The lowest BCUT2D eigenvalue weighted by Gasteiger charge is -2.06. The molecule has 7 nitrogen and oxygen atoms in total. The summed E-state index contributed by atoms with van der Waals surface area (Å²) in [5, 5.41) is 3.79. The van der Waals surface area contributed by atoms with Gasteiger partial charge in [0.05, 0.1) is 17.4 Å². The first-order valence-corrected chi connectivity index (χ1v) is 11.6. The number of thiazole rings is 1. The summed E-state index contributed by atoms with van der Waals surface area (Å²) in [5.74, 6) is -0.216. The van der Waals surface area contributed by atoms with E-state index >= 15 is 0 Å². The van der Waals surface area contributed by atoms with Crippen LogP contribution >= 0.6 is 22.7 Å². The number of aryl methyl sites for hydroxylation is 4. The molecule has 0 radical (unpaired) electrons. The number of hydrogen-bond donors (Lipinski definition) is 1. The lowest BCUT2D eigenvalue weighted by Crippen LogP contribution is -2.23. The summed E-state index contributed by atoms with van der Waals surface area (Å²) in [6.07, 6.45) is 1.56. The molecule has 4 aromatic rings. The SMILES string of the molecule is Cc1sc(NC(=O)CCn2cnc3sc(C)c(C)c3c2=O)nc1-c1ccc(OC(F)F)cc1. The quantitative estimate of drug-likeness (QED) is 0.388. The Bertz CT molecular complexity index is 1380. The van der Waals surface area contributed by atoms with E-state index in [0.29, 0.717) is 21.0 Å². The molecule has 0 unspecified atom stereocenters. The number of rotatable bonds is 7. The summed E-state index contributed by atoms with van der Waals surface area (Å²) in [4.78, 5) is 36.6. The number of anilines is 1. The van der Waals surface area contributed by atoms with Crippen LogP contribution < -0.4 is 15.6 Å². The van der Waals surface area contributed by atoms with Crippen LogP contribution in [-0.2, 0) is 11.3 Å². The van der Waals surface area contributed by atoms with E-state index < -0.39 is 6.61 Å². The van der Waals surface area contributed by atoms with Gasteiger partial charge in [0.2, 0.25) is 5.91 Å². The second-order valence-corrected chi connectivity index (χ2v) is 9.74. The molecule has 1 aromatic carbocycles. The van der Waals surface area contributed by atoms with Gasteiger partial charge in [-0.1, -0.05) is 0 Å². The zero-order chi connectivity index (χ0) is 23.7. The average molecular weight is 491 g/mol. The summed E-state index contributed by atoms with van der Waals surface area (Å²) in [6, 6.07) is 6.15. The van der Waals surface area contributed by atoms with Crippen molar-refractivity contribution in [3.63, 3.8) is 0 Å². The highest BCUT2D eigenvalue weighted by molar-refractivity contribution is 7.18. The van der Waals surface area contributed by atoms with Crippen molar-refractivity contribution in [1.29, 1.82) is 0 Å². The van der Waals surface area contributed by atoms with Gasteiger partial charge in [0, 0.05) is 28.3 Å². The molecule has 3 heterocycles. The number of hydrogen-bond acceptors (Lipinski definition) is 7. The highest BCUT2D eigenvalue weighted by Crippen LogP contribution is 2.31. The van der Waals surface area contributed by atoms with E-state index in [9.17, 15) is 18.4 Å². The first-order valence-electron chi connectivity index (χ1n) is 10.0. The zero-order valence-corrected chi connectivity index (χ0v) is 19.7. The van der Waals surface area contributed by atoms with Crippen LogP contribution in [0.1, 0.15) is 21.7 Å². The summed E-state index contributed by atoms with van der Waals surface area (Å²) >= 11 is 2.79. The van der Waals surface area contributed by atoms with Crippen LogP contribution in [0.2, 0.25) is 0 Å². The van der Waals surface area contributed by atoms with E-state index in [2.05, 4.69) is 20.0 Å². The molecule has 11 heteroatoms. The number of halogens is 2. The highest BCUT2D eigenvalue weighted by Gasteiger charge is 2.15. The van der Waals surface area contributed by atoms with Gasteiger partial charge < -0.3 is 10.1 Å². The molecule has 0 atom stereocenters. The third kappa shape index (κ3) is 4.93. The van der Waals surface area contributed by atoms with E-state index in [1.807, 2.05) is 20.8 Å². The summed E-state index contributed by atoms with van der Waals surface area (Å²) in [6.45, 7) is 3.03. The Morgan fingerprint density at radius 2 is 1.88 bits per heavy atom. The fourth-order valence-electron chi connectivity index (χ4n) is 3.34. The van der Waals surface area contributed by atoms with E-state index in [1.165, 1.54) is 45.7 Å². The van der Waals surface area contributed by atoms with Crippen LogP contribution in [0, 0.1) is 20.8 Å². The Morgan fingerprint density at radius 3 is 2.58 bits per heavy atom. The number of nitrogens with zero attached hydrogens (tertiary/aromatic N) is 3. The molecule has 0 bridgehead atoms. The monoisotopic (exact) mass is 490 g/mol. The van der Waals surface area contributed by atoms with Crippen LogP contribution in [0.3, 0.4) is 0 Å². The molecule has 4 rings (SSSR count). The van der Waals surface area contributed by atoms with E-state index in [4.69, 9.17) is 0 Å². The number of benzene rings is 1. The van der Waals surface area contributed by atoms with Gasteiger partial charge in [-0.2, -0.15) is 8.78 Å². The van der Waals surface area contributed by atoms with E-state index in [0.717, 1.165) is 20.9 Å². The minimum atomic E-state index is -2.88. The maximum absolute atomic E-state index is 12.8. The van der Waals surface area contributed by atoms with Crippen LogP contribution in [0.5, 0.6) is 5.75 Å². The van der Waals surface area contributed by atoms with Crippen molar-refractivity contribution in [3.05, 3.63) is 56.3 Å². The van der Waals surface area contributed by atoms with Gasteiger partial charge in [0.15, 0.2) is 5.13 Å². The Balaban J connectivity index is 1.42. The molecular weight excluding hydrogens is 470 g/mol. The molecule has 0 aliphatic carbocycles. The minimum absolute atomic E-state index is 0.0610. The van der Waals surface area contributed by atoms with Gasteiger partial charge in [0.1, 0.15) is 10.6 Å². The van der Waals surface area contributed by atoms with Crippen LogP contribution in [-0.4, -0.2) is 27.1 Å². The molecule has 0 aliphatic rings. The van der Waals surface area contributed by atoms with Gasteiger partial charge in [-0.3, -0.25) is 14.2 Å². The second-order valence-electron chi connectivity index (χ2n) is 7.33. The fraction of sp³-hybridized carbons (Fsp3) is 0.273. The average Bonchev–Trinajstić information content (AvgIpc) is 3.26. The minimum Gasteiger partial charge on any atom is -0.435 e. The van der Waals surface area contributed by atoms with Crippen molar-refractivity contribution < 1.29 is 18.3 Å². The number of thiophene rings is 1. The number of aromatic nitrogens is 3. The Hall–Kier alpha value is -3.18. The molecule has 0 fully saturated rings. The van der Waals surface area contributed by atoms with Crippen molar-refractivity contribution in [3.8, 4) is 17.0 Å². The van der Waals surface area contributed by atoms with E-state index in [1.54, 1.807) is 12.1 Å². The summed E-state index contributed by atoms with van der Waals surface area (Å²) in [7, 11) is 0. The molecule has 3 aromatic heterocycles. The second kappa shape index (κ2) is 9.36. The van der Waals surface area contributed by atoms with Crippen molar-refractivity contribution in [2.75, 3.05) is 5.32 Å². The maximum Gasteiger partial charge on any atom is 0.387 e. The molecule has 1 amide bonds. The summed E-state index contributed by atoms with van der Waals surface area (Å²) < 4.78 is 30.4. The van der Waals surface area contributed by atoms with Gasteiger partial charge in [-0.15, -0.1) is 22.7 Å². The van der Waals surface area contributed by atoms with Crippen molar-refractivity contribution in [2.45, 2.75) is 40.3 Å². The number of alkyl halides is 2. The molecule has 33 heavy (non-hydrogen) atoms. The van der Waals surface area contributed by atoms with Crippen LogP contribution in [0.15, 0.2) is 35.4 Å². The number of nitrogens with one attached hydrogen (secondary N) is 1. The van der Waals surface area contributed by atoms with Gasteiger partial charge in [-0.25, -0.2) is 9.97 Å². The predicted octanol–water partition coefficient (Wildman–Crippen LogP) is 5.14. The van der Waals surface area contributed by atoms with Crippen molar-refractivity contribution >= 4 is 43.9 Å². The predicted molar refractivity (Wildman–Crippen MR) is 126 cm³/mol. The largest absolute Gasteiger partial charge is 0.435 e. The van der Waals surface area contributed by atoms with E-state index in [-0.39, 0.29) is 30.2 Å². The maximum atomic E-state index is 12.8. The molecule has 0 saturated carbocycles. The van der Waals surface area contributed by atoms with Gasteiger partial charge in [0.25, 0.3) is 5.56 Å². The first-order chi connectivity index (χ1) is 15.7. The Labute approximate surface area is 195 Å². The van der Waals surface area contributed by atoms with Gasteiger partial charge >= 0.3 is 6.61 Å². The van der Waals surface area contributed by atoms with Gasteiger partial charge in [-0.05, 0) is 50.6 Å². The zero-order valence-electron chi connectivity index (χ0n) is 18.0. The third-order valence-corrected chi connectivity index (χ3v) is 7.13. The van der Waals surface area contributed by atoms with Crippen LogP contribution in [0.4, 0.5) is 13.9 Å². The number of carbonyl (C=O) groups is 1. The molecule has 0 saturated heterocycles. The highest BCUT2D eigenvalue weighted by atomic mass is 32.1. The third-order valence-electron chi connectivity index (χ3n) is 5.13. The standard InChI is InChI=1S/C22H20F2N4O3S2/c1-11-12(2)32-19-17(11)20(30)28(10-25-19)9-8-16(29)26-22-27-18(13(3)33-22)14-4-6-15(7-5-14)31-21(23)24/h4-7,10,21H,8-9H2,1-3H3,(H,26,27,29). The van der Waals surface area contributed by atoms with Crippen molar-refractivity contribution in [1.82, 2.24) is 14.5 Å². The Kier molecular flexibility index (Phi) is 6.52. The Morgan fingerprint density at radius 1 is 1.15 bits per heavy atom. The lowest BCUT2D eigenvalue weighted by molar-refractivity contribution is -0.116.